The van der Waals surface area contributed by atoms with Gasteiger partial charge >= 0.3 is 5.97 Å². The summed E-state index contributed by atoms with van der Waals surface area (Å²) in [7, 11) is 0. The lowest BCUT2D eigenvalue weighted by Gasteiger charge is -2.22. The van der Waals surface area contributed by atoms with E-state index < -0.39 is 5.97 Å². The van der Waals surface area contributed by atoms with Crippen LogP contribution < -0.4 is 0 Å². The zero-order chi connectivity index (χ0) is 13.7. The number of carboxylic acid groups (broad SMARTS) is 1. The SMILES string of the molecule is CCc1nnsc1C(=O)N(CC(=O)O)CC(C)C. The Bertz CT molecular complexity index is 431. The average molecular weight is 271 g/mol. The van der Waals surface area contributed by atoms with Gasteiger partial charge in [0.2, 0.25) is 0 Å². The first-order chi connectivity index (χ1) is 8.45. The minimum absolute atomic E-state index is 0.208. The van der Waals surface area contributed by atoms with E-state index in [1.807, 2.05) is 20.8 Å². The Balaban J connectivity index is 2.91. The van der Waals surface area contributed by atoms with Crippen LogP contribution in [0.25, 0.3) is 0 Å². The number of rotatable bonds is 6. The van der Waals surface area contributed by atoms with E-state index in [1.165, 1.54) is 4.90 Å². The van der Waals surface area contributed by atoms with Crippen molar-refractivity contribution in [2.75, 3.05) is 13.1 Å². The van der Waals surface area contributed by atoms with E-state index in [9.17, 15) is 9.59 Å². The number of hydrogen-bond acceptors (Lipinski definition) is 5. The van der Waals surface area contributed by atoms with Gasteiger partial charge in [-0.1, -0.05) is 25.3 Å². The fourth-order valence-corrected chi connectivity index (χ4v) is 2.29. The van der Waals surface area contributed by atoms with Gasteiger partial charge in [-0.2, -0.15) is 0 Å². The molecule has 6 nitrogen and oxygen atoms in total. The molecule has 0 saturated carbocycles. The molecule has 0 bridgehead atoms. The van der Waals surface area contributed by atoms with Gasteiger partial charge in [0.05, 0.1) is 5.69 Å². The Kier molecular flexibility index (Phi) is 5.21. The molecule has 0 unspecified atom stereocenters. The van der Waals surface area contributed by atoms with Crippen LogP contribution in [0.5, 0.6) is 0 Å². The van der Waals surface area contributed by atoms with E-state index in [0.29, 0.717) is 23.5 Å². The maximum atomic E-state index is 12.2. The summed E-state index contributed by atoms with van der Waals surface area (Å²) in [4.78, 5) is 24.8. The molecule has 100 valence electrons. The maximum Gasteiger partial charge on any atom is 0.323 e. The molecule has 0 aromatic carbocycles. The molecule has 1 rings (SSSR count). The van der Waals surface area contributed by atoms with Gasteiger partial charge in [0.15, 0.2) is 0 Å². The highest BCUT2D eigenvalue weighted by Gasteiger charge is 2.23. The van der Waals surface area contributed by atoms with Gasteiger partial charge < -0.3 is 10.0 Å². The van der Waals surface area contributed by atoms with Crippen LogP contribution in [0.1, 0.15) is 36.1 Å². The Morgan fingerprint density at radius 2 is 2.11 bits per heavy atom. The third kappa shape index (κ3) is 3.76. The van der Waals surface area contributed by atoms with Crippen LogP contribution in [-0.4, -0.2) is 44.6 Å². The molecule has 0 aliphatic heterocycles. The summed E-state index contributed by atoms with van der Waals surface area (Å²) in [6.45, 7) is 5.88. The maximum absolute atomic E-state index is 12.2. The van der Waals surface area contributed by atoms with Crippen LogP contribution in [0.2, 0.25) is 0 Å². The van der Waals surface area contributed by atoms with E-state index in [0.717, 1.165) is 11.5 Å². The Hall–Kier alpha value is -1.50. The van der Waals surface area contributed by atoms with Crippen LogP contribution in [0.3, 0.4) is 0 Å². The van der Waals surface area contributed by atoms with E-state index in [1.54, 1.807) is 0 Å². The molecule has 0 fully saturated rings. The van der Waals surface area contributed by atoms with E-state index in [4.69, 9.17) is 5.11 Å². The van der Waals surface area contributed by atoms with Crippen molar-refractivity contribution in [1.29, 1.82) is 0 Å². The van der Waals surface area contributed by atoms with Crippen molar-refractivity contribution >= 4 is 23.4 Å². The van der Waals surface area contributed by atoms with Crippen molar-refractivity contribution in [2.24, 2.45) is 5.92 Å². The molecular weight excluding hydrogens is 254 g/mol. The van der Waals surface area contributed by atoms with Crippen molar-refractivity contribution in [3.8, 4) is 0 Å². The van der Waals surface area contributed by atoms with Crippen molar-refractivity contribution in [2.45, 2.75) is 27.2 Å². The smallest absolute Gasteiger partial charge is 0.323 e. The highest BCUT2D eigenvalue weighted by molar-refractivity contribution is 7.08. The summed E-state index contributed by atoms with van der Waals surface area (Å²) < 4.78 is 3.75. The standard InChI is InChI=1S/C11H17N3O3S/c1-4-8-10(18-13-12-8)11(17)14(5-7(2)3)6-9(15)16/h7H,4-6H2,1-3H3,(H,15,16). The van der Waals surface area contributed by atoms with E-state index >= 15 is 0 Å². The first-order valence-corrected chi connectivity index (χ1v) is 6.55. The molecule has 0 aliphatic carbocycles. The van der Waals surface area contributed by atoms with Gasteiger partial charge in [0.25, 0.3) is 5.91 Å². The van der Waals surface area contributed by atoms with E-state index in [2.05, 4.69) is 9.59 Å². The predicted octanol–water partition coefficient (Wildman–Crippen LogP) is 1.28. The van der Waals surface area contributed by atoms with Crippen molar-refractivity contribution in [1.82, 2.24) is 14.5 Å². The number of aliphatic carboxylic acids is 1. The summed E-state index contributed by atoms with van der Waals surface area (Å²) in [5.41, 5.74) is 0.629. The monoisotopic (exact) mass is 271 g/mol. The van der Waals surface area contributed by atoms with Crippen molar-refractivity contribution in [3.05, 3.63) is 10.6 Å². The lowest BCUT2D eigenvalue weighted by Crippen LogP contribution is -2.38. The summed E-state index contributed by atoms with van der Waals surface area (Å²) in [6.07, 6.45) is 0.611. The Morgan fingerprint density at radius 1 is 1.44 bits per heavy atom. The molecule has 1 amide bonds. The number of carbonyl (C=O) groups is 2. The lowest BCUT2D eigenvalue weighted by molar-refractivity contribution is -0.137. The molecular formula is C11H17N3O3S. The van der Waals surface area contributed by atoms with Gasteiger partial charge in [-0.15, -0.1) is 5.10 Å². The lowest BCUT2D eigenvalue weighted by atomic mass is 10.2. The highest BCUT2D eigenvalue weighted by Crippen LogP contribution is 2.15. The molecule has 0 atom stereocenters. The third-order valence-corrected chi connectivity index (χ3v) is 3.04. The first kappa shape index (κ1) is 14.6. The van der Waals surface area contributed by atoms with Crippen LogP contribution in [0.15, 0.2) is 0 Å². The zero-order valence-electron chi connectivity index (χ0n) is 10.7. The number of nitrogens with zero attached hydrogens (tertiary/aromatic N) is 3. The number of aryl methyl sites for hydroxylation is 1. The third-order valence-electron chi connectivity index (χ3n) is 2.28. The second-order valence-electron chi connectivity index (χ2n) is 4.38. The van der Waals surface area contributed by atoms with Gasteiger partial charge in [-0.3, -0.25) is 9.59 Å². The number of carbonyl (C=O) groups excluding carboxylic acids is 1. The molecule has 1 aromatic heterocycles. The molecule has 0 radical (unpaired) electrons. The van der Waals surface area contributed by atoms with Crippen molar-refractivity contribution < 1.29 is 14.7 Å². The minimum atomic E-state index is -1.01. The van der Waals surface area contributed by atoms with Crippen molar-refractivity contribution in [3.63, 3.8) is 0 Å². The van der Waals surface area contributed by atoms with Crippen LogP contribution in [-0.2, 0) is 11.2 Å². The van der Waals surface area contributed by atoms with E-state index in [-0.39, 0.29) is 18.4 Å². The number of aromatic nitrogens is 2. The van der Waals surface area contributed by atoms with Gasteiger partial charge in [0.1, 0.15) is 11.4 Å². The summed E-state index contributed by atoms with van der Waals surface area (Å²) in [5, 5.41) is 12.7. The Labute approximate surface area is 110 Å². The zero-order valence-corrected chi connectivity index (χ0v) is 11.5. The summed E-state index contributed by atoms with van der Waals surface area (Å²) >= 11 is 1.02. The molecule has 0 spiro atoms. The second kappa shape index (κ2) is 6.44. The molecule has 7 heteroatoms. The van der Waals surface area contributed by atoms with Gasteiger partial charge in [-0.05, 0) is 23.9 Å². The Morgan fingerprint density at radius 3 is 2.61 bits per heavy atom. The fraction of sp³-hybridized carbons (Fsp3) is 0.636. The summed E-state index contributed by atoms with van der Waals surface area (Å²) in [6, 6.07) is 0. The molecule has 0 aliphatic rings. The summed E-state index contributed by atoms with van der Waals surface area (Å²) in [5.74, 6) is -1.10. The normalized spacial score (nSPS) is 10.7. The van der Waals surface area contributed by atoms with Crippen LogP contribution >= 0.6 is 11.5 Å². The first-order valence-electron chi connectivity index (χ1n) is 5.78. The highest BCUT2D eigenvalue weighted by atomic mass is 32.1. The van der Waals surface area contributed by atoms with Crippen LogP contribution in [0.4, 0.5) is 0 Å². The number of amides is 1. The quantitative estimate of drug-likeness (QED) is 0.842. The molecule has 1 heterocycles. The fourth-order valence-electron chi connectivity index (χ4n) is 1.57. The minimum Gasteiger partial charge on any atom is -0.480 e. The van der Waals surface area contributed by atoms with Gasteiger partial charge in [-0.25, -0.2) is 0 Å². The molecule has 0 saturated heterocycles. The topological polar surface area (TPSA) is 83.4 Å². The largest absolute Gasteiger partial charge is 0.480 e. The molecule has 18 heavy (non-hydrogen) atoms. The van der Waals surface area contributed by atoms with Gasteiger partial charge in [0, 0.05) is 6.54 Å². The second-order valence-corrected chi connectivity index (χ2v) is 5.13. The predicted molar refractivity (Wildman–Crippen MR) is 67.7 cm³/mol. The van der Waals surface area contributed by atoms with Crippen LogP contribution in [0, 0.1) is 5.92 Å². The average Bonchev–Trinajstić information content (AvgIpc) is 2.73. The molecule has 1 N–H and O–H groups in total. The number of hydrogen-bond donors (Lipinski definition) is 1. The molecule has 1 aromatic rings. The number of carboxylic acids is 1.